The van der Waals surface area contributed by atoms with Crippen molar-refractivity contribution in [1.82, 2.24) is 0 Å². The van der Waals surface area contributed by atoms with Crippen molar-refractivity contribution in [3.8, 4) is 0 Å². The third-order valence-electron chi connectivity index (χ3n) is 3.59. The molecule has 2 aromatic carbocycles. The van der Waals surface area contributed by atoms with E-state index in [1.54, 1.807) is 0 Å². The summed E-state index contributed by atoms with van der Waals surface area (Å²) in [7, 11) is 0. The lowest BCUT2D eigenvalue weighted by atomic mass is 9.94. The maximum Gasteiger partial charge on any atom is -0.00856 e. The maximum absolute atomic E-state index is 2.30. The Hall–Kier alpha value is -1.82. The van der Waals surface area contributed by atoms with E-state index in [1.807, 2.05) is 0 Å². The van der Waals surface area contributed by atoms with E-state index in [0.717, 1.165) is 6.42 Å². The van der Waals surface area contributed by atoms with Crippen LogP contribution < -0.4 is 0 Å². The molecule has 17 heavy (non-hydrogen) atoms. The minimum absolute atomic E-state index is 1.07. The number of fused-ring (bicyclic) bond motifs is 1. The van der Waals surface area contributed by atoms with Crippen LogP contribution in [-0.4, -0.2) is 0 Å². The molecule has 84 valence electrons. The Kier molecular flexibility index (Phi) is 2.36. The molecule has 0 heterocycles. The molecule has 0 spiro atoms. The Morgan fingerprint density at radius 1 is 0.941 bits per heavy atom. The fourth-order valence-electron chi connectivity index (χ4n) is 2.63. The number of allylic oxidation sites excluding steroid dienone is 4. The lowest BCUT2D eigenvalue weighted by Gasteiger charge is -2.10. The molecule has 0 N–H and O–H groups in total. The fraction of sp³-hybridized carbons (Fsp3) is 0.176. The number of aryl methyl sites for hydroxylation is 1. The van der Waals surface area contributed by atoms with Gasteiger partial charge in [-0.3, -0.25) is 0 Å². The van der Waals surface area contributed by atoms with Gasteiger partial charge in [-0.05, 0) is 47.7 Å². The van der Waals surface area contributed by atoms with Gasteiger partial charge in [-0.2, -0.15) is 0 Å². The van der Waals surface area contributed by atoms with E-state index in [2.05, 4.69) is 62.4 Å². The lowest BCUT2D eigenvalue weighted by molar-refractivity contribution is 1.38. The Morgan fingerprint density at radius 3 is 2.53 bits per heavy atom. The van der Waals surface area contributed by atoms with Crippen LogP contribution in [0.15, 0.2) is 54.1 Å². The SMILES string of the molecule is CC1=CCC(c2ccc3ccccc3c2C)=C1. The summed E-state index contributed by atoms with van der Waals surface area (Å²) in [4.78, 5) is 0. The van der Waals surface area contributed by atoms with Gasteiger partial charge in [0.2, 0.25) is 0 Å². The summed E-state index contributed by atoms with van der Waals surface area (Å²) in [6.45, 7) is 4.40. The van der Waals surface area contributed by atoms with E-state index >= 15 is 0 Å². The van der Waals surface area contributed by atoms with Gasteiger partial charge >= 0.3 is 0 Å². The molecule has 0 atom stereocenters. The number of rotatable bonds is 1. The molecule has 0 radical (unpaired) electrons. The molecule has 0 unspecified atom stereocenters. The lowest BCUT2D eigenvalue weighted by Crippen LogP contribution is -1.88. The molecule has 0 fully saturated rings. The molecule has 0 bridgehead atoms. The second kappa shape index (κ2) is 3.89. The molecular formula is C17H16. The number of hydrogen-bond donors (Lipinski definition) is 0. The first kappa shape index (κ1) is 10.3. The van der Waals surface area contributed by atoms with Crippen molar-refractivity contribution in [2.45, 2.75) is 20.3 Å². The predicted molar refractivity (Wildman–Crippen MR) is 75.0 cm³/mol. The molecule has 3 rings (SSSR count). The molecule has 0 nitrogen and oxygen atoms in total. The molecule has 0 aliphatic heterocycles. The van der Waals surface area contributed by atoms with E-state index < -0.39 is 0 Å². The molecule has 0 saturated heterocycles. The van der Waals surface area contributed by atoms with Crippen LogP contribution in [0.2, 0.25) is 0 Å². The van der Waals surface area contributed by atoms with Gasteiger partial charge in [-0.25, -0.2) is 0 Å². The molecule has 0 amide bonds. The highest BCUT2D eigenvalue weighted by Crippen LogP contribution is 2.32. The van der Waals surface area contributed by atoms with Crippen molar-refractivity contribution in [3.05, 3.63) is 65.3 Å². The molecule has 0 aromatic heterocycles. The average molecular weight is 220 g/mol. The number of benzene rings is 2. The molecule has 1 aliphatic rings. The zero-order valence-corrected chi connectivity index (χ0v) is 10.3. The first-order valence-corrected chi connectivity index (χ1v) is 6.12. The van der Waals surface area contributed by atoms with Gasteiger partial charge in [0.05, 0.1) is 0 Å². The van der Waals surface area contributed by atoms with Crippen LogP contribution in [0.3, 0.4) is 0 Å². The van der Waals surface area contributed by atoms with Gasteiger partial charge in [-0.15, -0.1) is 0 Å². The monoisotopic (exact) mass is 220 g/mol. The third kappa shape index (κ3) is 1.70. The molecular weight excluding hydrogens is 204 g/mol. The largest absolute Gasteiger partial charge is 0.0772 e. The number of hydrogen-bond acceptors (Lipinski definition) is 0. The van der Waals surface area contributed by atoms with E-state index in [1.165, 1.54) is 33.0 Å². The van der Waals surface area contributed by atoms with Crippen LogP contribution in [0.1, 0.15) is 24.5 Å². The normalized spacial score (nSPS) is 14.9. The third-order valence-corrected chi connectivity index (χ3v) is 3.59. The second-order valence-electron chi connectivity index (χ2n) is 4.78. The van der Waals surface area contributed by atoms with Crippen molar-refractivity contribution in [2.75, 3.05) is 0 Å². The highest BCUT2D eigenvalue weighted by atomic mass is 14.1. The van der Waals surface area contributed by atoms with Crippen LogP contribution >= 0.6 is 0 Å². The first-order chi connectivity index (χ1) is 8.25. The van der Waals surface area contributed by atoms with Crippen molar-refractivity contribution < 1.29 is 0 Å². The van der Waals surface area contributed by atoms with E-state index in [9.17, 15) is 0 Å². The Morgan fingerprint density at radius 2 is 1.76 bits per heavy atom. The van der Waals surface area contributed by atoms with Crippen molar-refractivity contribution >= 4 is 16.3 Å². The minimum Gasteiger partial charge on any atom is -0.0772 e. The maximum atomic E-state index is 2.30. The molecule has 0 heteroatoms. The highest BCUT2D eigenvalue weighted by molar-refractivity contribution is 5.91. The van der Waals surface area contributed by atoms with Gasteiger partial charge in [0.25, 0.3) is 0 Å². The van der Waals surface area contributed by atoms with Crippen LogP contribution in [0, 0.1) is 6.92 Å². The summed E-state index contributed by atoms with van der Waals surface area (Å²) in [6, 6.07) is 13.1. The predicted octanol–water partition coefficient (Wildman–Crippen LogP) is 4.88. The van der Waals surface area contributed by atoms with Gasteiger partial charge in [-0.1, -0.05) is 54.1 Å². The average Bonchev–Trinajstić information content (AvgIpc) is 2.77. The Labute approximate surface area is 102 Å². The quantitative estimate of drug-likeness (QED) is 0.642. The van der Waals surface area contributed by atoms with Gasteiger partial charge in [0.15, 0.2) is 0 Å². The van der Waals surface area contributed by atoms with Crippen LogP contribution in [0.25, 0.3) is 16.3 Å². The molecule has 1 aliphatic carbocycles. The first-order valence-electron chi connectivity index (χ1n) is 6.12. The molecule has 0 saturated carbocycles. The van der Waals surface area contributed by atoms with E-state index in [-0.39, 0.29) is 0 Å². The van der Waals surface area contributed by atoms with Gasteiger partial charge in [0, 0.05) is 0 Å². The summed E-state index contributed by atoms with van der Waals surface area (Å²) < 4.78 is 0. The van der Waals surface area contributed by atoms with Gasteiger partial charge < -0.3 is 0 Å². The van der Waals surface area contributed by atoms with E-state index in [0.29, 0.717) is 0 Å². The topological polar surface area (TPSA) is 0 Å². The Balaban J connectivity index is 2.19. The minimum atomic E-state index is 1.07. The standard InChI is InChI=1S/C17H16/c1-12-7-8-15(11-12)17-10-9-14-5-3-4-6-16(14)13(17)2/h3-7,9-11H,8H2,1-2H3. The van der Waals surface area contributed by atoms with Crippen LogP contribution in [-0.2, 0) is 0 Å². The smallest absolute Gasteiger partial charge is 0.00856 e. The summed E-state index contributed by atoms with van der Waals surface area (Å²) in [5, 5.41) is 2.70. The summed E-state index contributed by atoms with van der Waals surface area (Å²) >= 11 is 0. The van der Waals surface area contributed by atoms with E-state index in [4.69, 9.17) is 0 Å². The Bertz CT molecular complexity index is 642. The zero-order valence-electron chi connectivity index (χ0n) is 10.3. The highest BCUT2D eigenvalue weighted by Gasteiger charge is 2.10. The summed E-state index contributed by atoms with van der Waals surface area (Å²) in [5.74, 6) is 0. The summed E-state index contributed by atoms with van der Waals surface area (Å²) in [5.41, 5.74) is 5.63. The summed E-state index contributed by atoms with van der Waals surface area (Å²) in [6.07, 6.45) is 5.67. The van der Waals surface area contributed by atoms with Gasteiger partial charge in [0.1, 0.15) is 0 Å². The van der Waals surface area contributed by atoms with Crippen LogP contribution in [0.4, 0.5) is 0 Å². The zero-order chi connectivity index (χ0) is 11.8. The molecule has 2 aromatic rings. The van der Waals surface area contributed by atoms with Crippen LogP contribution in [0.5, 0.6) is 0 Å². The van der Waals surface area contributed by atoms with Crippen molar-refractivity contribution in [1.29, 1.82) is 0 Å². The second-order valence-corrected chi connectivity index (χ2v) is 4.78. The fourth-order valence-corrected chi connectivity index (χ4v) is 2.63. The van der Waals surface area contributed by atoms with Crippen molar-refractivity contribution in [3.63, 3.8) is 0 Å². The van der Waals surface area contributed by atoms with Crippen molar-refractivity contribution in [2.24, 2.45) is 0 Å².